The second-order valence-electron chi connectivity index (χ2n) is 10.6. The maximum Gasteiger partial charge on any atom is 0.350 e. The molecule has 3 aromatic carbocycles. The molecule has 3 aromatic rings. The van der Waals surface area contributed by atoms with Crippen LogP contribution < -0.4 is 15.6 Å². The summed E-state index contributed by atoms with van der Waals surface area (Å²) < 4.78 is 6.61. The molecule has 3 rings (SSSR count). The normalized spacial score (nSPS) is 11.6. The molecule has 0 aliphatic heterocycles. The number of unbranched alkanes of at least 4 members (excludes halogenated alkanes) is 11. The van der Waals surface area contributed by atoms with Crippen LogP contribution in [0.4, 0.5) is 0 Å². The highest BCUT2D eigenvalue weighted by Gasteiger charge is 2.45. The molecule has 0 fully saturated rings. The van der Waals surface area contributed by atoms with Crippen LogP contribution in [0.3, 0.4) is 0 Å². The fraction of sp³-hybridized carbons (Fsp3) is 0.417. The molecule has 0 saturated carbocycles. The number of carbonyl (C=O) groups is 1. The van der Waals surface area contributed by atoms with E-state index in [0.29, 0.717) is 6.42 Å². The summed E-state index contributed by atoms with van der Waals surface area (Å²) in [6.45, 7) is 2.27. The minimum absolute atomic E-state index is 0.0872. The van der Waals surface area contributed by atoms with Gasteiger partial charge >= 0.3 is 8.32 Å². The topological polar surface area (TPSA) is 26.3 Å². The van der Waals surface area contributed by atoms with Crippen LogP contribution in [0.5, 0.6) is 0 Å². The molecule has 0 aromatic heterocycles. The van der Waals surface area contributed by atoms with Gasteiger partial charge < -0.3 is 4.43 Å². The summed E-state index contributed by atoms with van der Waals surface area (Å²) in [6.07, 6.45) is 21.4. The molecular weight excluding hydrogens is 492 g/mol. The van der Waals surface area contributed by atoms with Crippen LogP contribution in [0.2, 0.25) is 0 Å². The van der Waals surface area contributed by atoms with Crippen LogP contribution in [0.15, 0.2) is 103 Å². The maximum atomic E-state index is 13.3. The molecule has 0 saturated heterocycles. The Morgan fingerprint density at radius 3 is 1.38 bits per heavy atom. The van der Waals surface area contributed by atoms with Crippen molar-refractivity contribution in [1.29, 1.82) is 0 Å². The quantitative estimate of drug-likeness (QED) is 0.0662. The molecule has 2 nitrogen and oxygen atoms in total. The molecule has 0 aliphatic carbocycles. The summed E-state index contributed by atoms with van der Waals surface area (Å²) in [6, 6.07) is 31.0. The van der Waals surface area contributed by atoms with Gasteiger partial charge in [-0.15, -0.1) is 0 Å². The predicted octanol–water partition coefficient (Wildman–Crippen LogP) is 8.23. The van der Waals surface area contributed by atoms with Gasteiger partial charge in [0.1, 0.15) is 0 Å². The molecule has 0 unspecified atom stereocenters. The van der Waals surface area contributed by atoms with Gasteiger partial charge in [0.25, 0.3) is 5.97 Å². The zero-order valence-electron chi connectivity index (χ0n) is 24.0. The fourth-order valence-corrected chi connectivity index (χ4v) is 9.04. The minimum Gasteiger partial charge on any atom is -0.506 e. The van der Waals surface area contributed by atoms with Gasteiger partial charge in [0.05, 0.1) is 0 Å². The standard InChI is InChI=1S/C36H48O2Si/c1-2-3-4-5-6-7-8-9-10-11-12-13-14-15-25-32-36(37)38-39(33-26-19-16-20-27-33,34-28-21-17-22-29-34)35-30-23-18-24-31-35/h9-10,16-24,26-31H,2-8,11-15,25,32H2,1H3/b10-9-. The lowest BCUT2D eigenvalue weighted by molar-refractivity contribution is -0.134. The van der Waals surface area contributed by atoms with E-state index in [4.69, 9.17) is 4.43 Å². The Labute approximate surface area is 238 Å². The summed E-state index contributed by atoms with van der Waals surface area (Å²) in [4.78, 5) is 13.3. The summed E-state index contributed by atoms with van der Waals surface area (Å²) in [5.41, 5.74) is 0. The van der Waals surface area contributed by atoms with E-state index in [1.165, 1.54) is 70.6 Å². The molecule has 0 radical (unpaired) electrons. The number of allylic oxidation sites excluding steroid dienone is 2. The summed E-state index contributed by atoms with van der Waals surface area (Å²) in [5.74, 6) is -0.0872. The molecule has 208 valence electrons. The Bertz CT molecular complexity index is 966. The number of carbonyl (C=O) groups excluding carboxylic acids is 1. The Kier molecular flexibility index (Phi) is 14.4. The summed E-state index contributed by atoms with van der Waals surface area (Å²) in [7, 11) is -2.95. The van der Waals surface area contributed by atoms with Gasteiger partial charge in [-0.2, -0.15) is 0 Å². The molecule has 0 heterocycles. The maximum absolute atomic E-state index is 13.3. The first-order valence-electron chi connectivity index (χ1n) is 15.3. The third-order valence-corrected chi connectivity index (χ3v) is 11.4. The van der Waals surface area contributed by atoms with Gasteiger partial charge in [0, 0.05) is 6.42 Å². The van der Waals surface area contributed by atoms with E-state index < -0.39 is 8.32 Å². The molecular formula is C36H48O2Si. The molecule has 0 bridgehead atoms. The zero-order valence-corrected chi connectivity index (χ0v) is 25.0. The van der Waals surface area contributed by atoms with E-state index in [1.807, 2.05) is 54.6 Å². The van der Waals surface area contributed by atoms with Crippen molar-refractivity contribution in [2.24, 2.45) is 0 Å². The van der Waals surface area contributed by atoms with Gasteiger partial charge in [-0.05, 0) is 47.7 Å². The third-order valence-electron chi connectivity index (χ3n) is 7.45. The molecule has 0 aliphatic rings. The number of benzene rings is 3. The monoisotopic (exact) mass is 540 g/mol. The van der Waals surface area contributed by atoms with Crippen molar-refractivity contribution in [3.8, 4) is 0 Å². The first-order chi connectivity index (χ1) is 19.3. The van der Waals surface area contributed by atoms with E-state index in [1.54, 1.807) is 0 Å². The van der Waals surface area contributed by atoms with Crippen LogP contribution in [-0.2, 0) is 9.22 Å². The van der Waals surface area contributed by atoms with Crippen LogP contribution in [0, 0.1) is 0 Å². The zero-order chi connectivity index (χ0) is 27.4. The van der Waals surface area contributed by atoms with Crippen LogP contribution in [-0.4, -0.2) is 14.3 Å². The van der Waals surface area contributed by atoms with Crippen molar-refractivity contribution in [2.45, 2.75) is 96.8 Å². The van der Waals surface area contributed by atoms with Crippen LogP contribution in [0.25, 0.3) is 0 Å². The van der Waals surface area contributed by atoms with Crippen LogP contribution >= 0.6 is 0 Å². The lowest BCUT2D eigenvalue weighted by Gasteiger charge is -2.32. The average Bonchev–Trinajstić information content (AvgIpc) is 2.99. The van der Waals surface area contributed by atoms with Gasteiger partial charge in [-0.25, -0.2) is 0 Å². The van der Waals surface area contributed by atoms with Crippen molar-refractivity contribution in [3.63, 3.8) is 0 Å². The third kappa shape index (κ3) is 10.3. The number of hydrogen-bond donors (Lipinski definition) is 0. The van der Waals surface area contributed by atoms with E-state index in [-0.39, 0.29) is 5.97 Å². The summed E-state index contributed by atoms with van der Waals surface area (Å²) in [5, 5.41) is 3.29. The van der Waals surface area contributed by atoms with E-state index in [9.17, 15) is 4.79 Å². The fourth-order valence-electron chi connectivity index (χ4n) is 5.26. The Morgan fingerprint density at radius 1 is 0.564 bits per heavy atom. The number of hydrogen-bond acceptors (Lipinski definition) is 2. The minimum atomic E-state index is -2.95. The second-order valence-corrected chi connectivity index (χ2v) is 13.9. The van der Waals surface area contributed by atoms with Gasteiger partial charge in [0.15, 0.2) is 0 Å². The lowest BCUT2D eigenvalue weighted by atomic mass is 10.1. The predicted molar refractivity (Wildman–Crippen MR) is 170 cm³/mol. The highest BCUT2D eigenvalue weighted by Crippen LogP contribution is 2.14. The molecule has 0 atom stereocenters. The largest absolute Gasteiger partial charge is 0.506 e. The highest BCUT2D eigenvalue weighted by molar-refractivity contribution is 7.07. The molecule has 0 N–H and O–H groups in total. The molecule has 39 heavy (non-hydrogen) atoms. The SMILES string of the molecule is CCCCCCCC/C=C\CCCCCCCC(=O)O[Si](c1ccccc1)(c1ccccc1)c1ccccc1. The molecule has 0 spiro atoms. The Morgan fingerprint density at radius 2 is 0.949 bits per heavy atom. The van der Waals surface area contributed by atoms with Gasteiger partial charge in [-0.3, -0.25) is 4.79 Å². The Hall–Kier alpha value is -2.91. The first kappa shape index (κ1) is 30.6. The van der Waals surface area contributed by atoms with E-state index in [0.717, 1.165) is 28.4 Å². The number of rotatable bonds is 19. The van der Waals surface area contributed by atoms with Crippen molar-refractivity contribution >= 4 is 29.8 Å². The molecule has 3 heteroatoms. The smallest absolute Gasteiger partial charge is 0.350 e. The van der Waals surface area contributed by atoms with Gasteiger partial charge in [-0.1, -0.05) is 161 Å². The second kappa shape index (κ2) is 18.4. The van der Waals surface area contributed by atoms with Crippen molar-refractivity contribution in [2.75, 3.05) is 0 Å². The summed E-state index contributed by atoms with van der Waals surface area (Å²) >= 11 is 0. The van der Waals surface area contributed by atoms with E-state index >= 15 is 0 Å². The highest BCUT2D eigenvalue weighted by atomic mass is 28.4. The van der Waals surface area contributed by atoms with Crippen molar-refractivity contribution < 1.29 is 9.22 Å². The van der Waals surface area contributed by atoms with Crippen molar-refractivity contribution in [1.82, 2.24) is 0 Å². The average molecular weight is 541 g/mol. The van der Waals surface area contributed by atoms with Crippen LogP contribution in [0.1, 0.15) is 96.8 Å². The first-order valence-corrected chi connectivity index (χ1v) is 17.2. The van der Waals surface area contributed by atoms with E-state index in [2.05, 4.69) is 55.5 Å². The molecule has 0 amide bonds. The van der Waals surface area contributed by atoms with Gasteiger partial charge in [0.2, 0.25) is 0 Å². The lowest BCUT2D eigenvalue weighted by Crippen LogP contribution is -2.70. The Balaban J connectivity index is 1.46. The van der Waals surface area contributed by atoms with Crippen molar-refractivity contribution in [3.05, 3.63) is 103 Å².